The Balaban J connectivity index is 1.45. The molecule has 118 valence electrons. The molecule has 23 heavy (non-hydrogen) atoms. The highest BCUT2D eigenvalue weighted by molar-refractivity contribution is 5.46. The number of rotatable bonds is 5. The molecule has 1 aliphatic rings. The van der Waals surface area contributed by atoms with E-state index in [1.807, 2.05) is 24.3 Å². The van der Waals surface area contributed by atoms with Gasteiger partial charge >= 0.3 is 0 Å². The van der Waals surface area contributed by atoms with Crippen molar-refractivity contribution in [1.82, 2.24) is 4.90 Å². The van der Waals surface area contributed by atoms with Crippen LogP contribution in [-0.2, 0) is 6.42 Å². The van der Waals surface area contributed by atoms with Crippen molar-refractivity contribution >= 4 is 5.69 Å². The number of ether oxygens (including phenoxy) is 1. The lowest BCUT2D eigenvalue weighted by Gasteiger charge is -2.35. The third-order valence-corrected chi connectivity index (χ3v) is 4.11. The molecule has 0 bridgehead atoms. The Bertz CT molecular complexity index is 641. The predicted octanol–water partition coefficient (Wildman–Crippen LogP) is 2.91. The van der Waals surface area contributed by atoms with Crippen molar-refractivity contribution in [2.75, 3.05) is 37.8 Å². The van der Waals surface area contributed by atoms with E-state index in [2.05, 4.69) is 46.2 Å². The predicted molar refractivity (Wildman–Crippen MR) is 91.5 cm³/mol. The van der Waals surface area contributed by atoms with Gasteiger partial charge in [0.15, 0.2) is 0 Å². The molecule has 0 spiro atoms. The Kier molecular flexibility index (Phi) is 5.13. The molecule has 0 N–H and O–H groups in total. The minimum absolute atomic E-state index is 0.446. The summed E-state index contributed by atoms with van der Waals surface area (Å²) in [7, 11) is 0. The van der Waals surface area contributed by atoms with E-state index in [1.165, 1.54) is 5.69 Å². The Hall–Kier alpha value is -2.51. The molecule has 3 rings (SSSR count). The lowest BCUT2D eigenvalue weighted by Crippen LogP contribution is -2.47. The summed E-state index contributed by atoms with van der Waals surface area (Å²) in [5.74, 6) is 0.858. The summed E-state index contributed by atoms with van der Waals surface area (Å²) in [6, 6.07) is 20.5. The topological polar surface area (TPSA) is 39.5 Å². The molecule has 4 heteroatoms. The van der Waals surface area contributed by atoms with Crippen LogP contribution in [0.25, 0.3) is 0 Å². The van der Waals surface area contributed by atoms with Gasteiger partial charge in [0.25, 0.3) is 0 Å². The first-order valence-electron chi connectivity index (χ1n) is 7.96. The van der Waals surface area contributed by atoms with E-state index in [0.717, 1.165) is 37.5 Å². The maximum atomic E-state index is 8.67. The van der Waals surface area contributed by atoms with Crippen molar-refractivity contribution in [2.45, 2.75) is 6.42 Å². The molecule has 0 aromatic heterocycles. The summed E-state index contributed by atoms with van der Waals surface area (Å²) in [5, 5.41) is 8.67. The molecule has 1 fully saturated rings. The number of nitriles is 1. The number of anilines is 1. The Labute approximate surface area is 137 Å². The second-order valence-electron chi connectivity index (χ2n) is 5.69. The lowest BCUT2D eigenvalue weighted by molar-refractivity contribution is 0.120. The van der Waals surface area contributed by atoms with Crippen LogP contribution in [0, 0.1) is 11.3 Å². The Morgan fingerprint density at radius 1 is 0.913 bits per heavy atom. The summed E-state index contributed by atoms with van der Waals surface area (Å²) in [6.45, 7) is 4.66. The van der Waals surface area contributed by atoms with E-state index >= 15 is 0 Å². The zero-order valence-electron chi connectivity index (χ0n) is 13.2. The van der Waals surface area contributed by atoms with Crippen LogP contribution in [0.5, 0.6) is 5.75 Å². The molecule has 0 amide bonds. The van der Waals surface area contributed by atoms with E-state index in [0.29, 0.717) is 13.2 Å². The molecular formula is C19H21N3O. The summed E-state index contributed by atoms with van der Waals surface area (Å²) >= 11 is 0. The third-order valence-electron chi connectivity index (χ3n) is 4.11. The van der Waals surface area contributed by atoms with Gasteiger partial charge in [-0.05, 0) is 29.8 Å². The fourth-order valence-corrected chi connectivity index (χ4v) is 2.73. The molecule has 1 heterocycles. The molecule has 2 aromatic carbocycles. The smallest absolute Gasteiger partial charge is 0.142 e. The van der Waals surface area contributed by atoms with Crippen molar-refractivity contribution in [3.8, 4) is 11.8 Å². The van der Waals surface area contributed by atoms with Crippen LogP contribution in [0.4, 0.5) is 5.69 Å². The minimum Gasteiger partial charge on any atom is -0.478 e. The zero-order chi connectivity index (χ0) is 15.9. The fourth-order valence-electron chi connectivity index (χ4n) is 2.73. The second kappa shape index (κ2) is 7.66. The monoisotopic (exact) mass is 307 g/mol. The van der Waals surface area contributed by atoms with Crippen LogP contribution in [0.15, 0.2) is 54.6 Å². The largest absolute Gasteiger partial charge is 0.478 e. The average Bonchev–Trinajstić information content (AvgIpc) is 2.63. The van der Waals surface area contributed by atoms with Crippen LogP contribution >= 0.6 is 0 Å². The highest BCUT2D eigenvalue weighted by atomic mass is 16.5. The highest BCUT2D eigenvalue weighted by Gasteiger charge is 2.17. The molecule has 0 radical (unpaired) electrons. The van der Waals surface area contributed by atoms with E-state index in [4.69, 9.17) is 10.00 Å². The first-order valence-corrected chi connectivity index (χ1v) is 7.96. The second-order valence-corrected chi connectivity index (χ2v) is 5.69. The first kappa shape index (κ1) is 15.4. The molecule has 1 aliphatic heterocycles. The first-order chi connectivity index (χ1) is 11.3. The van der Waals surface area contributed by atoms with Crippen LogP contribution in [-0.4, -0.2) is 37.8 Å². The van der Waals surface area contributed by atoms with Crippen LogP contribution in [0.1, 0.15) is 5.56 Å². The van der Waals surface area contributed by atoms with E-state index in [1.54, 1.807) is 0 Å². The average molecular weight is 307 g/mol. The van der Waals surface area contributed by atoms with Gasteiger partial charge in [0.05, 0.1) is 12.5 Å². The molecule has 0 aliphatic carbocycles. The van der Waals surface area contributed by atoms with Crippen LogP contribution < -0.4 is 9.64 Å². The summed E-state index contributed by atoms with van der Waals surface area (Å²) in [6.07, 6.45) is 0.446. The van der Waals surface area contributed by atoms with Gasteiger partial charge in [-0.1, -0.05) is 30.3 Å². The third kappa shape index (κ3) is 4.24. The molecule has 2 aromatic rings. The minimum atomic E-state index is 0.446. The van der Waals surface area contributed by atoms with Gasteiger partial charge in [-0.15, -0.1) is 0 Å². The maximum Gasteiger partial charge on any atom is 0.142 e. The Morgan fingerprint density at radius 3 is 2.26 bits per heavy atom. The van der Waals surface area contributed by atoms with Gasteiger partial charge in [0.1, 0.15) is 12.5 Å². The molecule has 0 unspecified atom stereocenters. The fraction of sp³-hybridized carbons (Fsp3) is 0.316. The van der Waals surface area contributed by atoms with Gasteiger partial charge in [0, 0.05) is 31.9 Å². The number of hydrogen-bond acceptors (Lipinski definition) is 4. The summed E-state index contributed by atoms with van der Waals surface area (Å²) in [4.78, 5) is 4.73. The summed E-state index contributed by atoms with van der Waals surface area (Å²) in [5.41, 5.74) is 2.32. The van der Waals surface area contributed by atoms with Crippen molar-refractivity contribution < 1.29 is 4.74 Å². The Morgan fingerprint density at radius 2 is 1.61 bits per heavy atom. The van der Waals surface area contributed by atoms with Gasteiger partial charge in [-0.2, -0.15) is 5.26 Å². The van der Waals surface area contributed by atoms with Crippen molar-refractivity contribution in [2.24, 2.45) is 0 Å². The molecule has 4 nitrogen and oxygen atoms in total. The van der Waals surface area contributed by atoms with Crippen LogP contribution in [0.3, 0.4) is 0 Å². The quantitative estimate of drug-likeness (QED) is 0.851. The van der Waals surface area contributed by atoms with Crippen LogP contribution in [0.2, 0.25) is 0 Å². The normalized spacial score (nSPS) is 15.2. The number of benzene rings is 2. The van der Waals surface area contributed by atoms with Gasteiger partial charge in [-0.25, -0.2) is 0 Å². The molecule has 1 saturated heterocycles. The molecular weight excluding hydrogens is 286 g/mol. The summed E-state index contributed by atoms with van der Waals surface area (Å²) < 4.78 is 5.84. The number of piperazine rings is 1. The maximum absolute atomic E-state index is 8.67. The zero-order valence-corrected chi connectivity index (χ0v) is 13.2. The van der Waals surface area contributed by atoms with Crippen molar-refractivity contribution in [1.29, 1.82) is 5.26 Å². The van der Waals surface area contributed by atoms with E-state index < -0.39 is 0 Å². The van der Waals surface area contributed by atoms with Gasteiger partial charge < -0.3 is 9.64 Å². The standard InChI is InChI=1S/C19H21N3O/c20-11-10-17-6-8-19(9-7-17)23-16-21-12-14-22(15-13-21)18-4-2-1-3-5-18/h1-9H,10,12-16H2. The highest BCUT2D eigenvalue weighted by Crippen LogP contribution is 2.16. The SMILES string of the molecule is N#CCc1ccc(OCN2CCN(c3ccccc3)CC2)cc1. The van der Waals surface area contributed by atoms with Crippen molar-refractivity contribution in [3.63, 3.8) is 0 Å². The van der Waals surface area contributed by atoms with Crippen molar-refractivity contribution in [3.05, 3.63) is 60.2 Å². The van der Waals surface area contributed by atoms with E-state index in [9.17, 15) is 0 Å². The van der Waals surface area contributed by atoms with Gasteiger partial charge in [0.2, 0.25) is 0 Å². The lowest BCUT2D eigenvalue weighted by atomic mass is 10.2. The van der Waals surface area contributed by atoms with E-state index in [-0.39, 0.29) is 0 Å². The number of nitrogens with zero attached hydrogens (tertiary/aromatic N) is 3. The number of hydrogen-bond donors (Lipinski definition) is 0. The number of para-hydroxylation sites is 1. The van der Waals surface area contributed by atoms with Gasteiger partial charge in [-0.3, -0.25) is 4.90 Å². The molecule has 0 saturated carbocycles. The molecule has 0 atom stereocenters.